The minimum Gasteiger partial charge on any atom is -0.390 e. The summed E-state index contributed by atoms with van der Waals surface area (Å²) in [6.07, 6.45) is 0.664. The van der Waals surface area contributed by atoms with Crippen LogP contribution in [0.5, 0.6) is 0 Å². The highest BCUT2D eigenvalue weighted by atomic mass is 35.5. The molecule has 1 aliphatic rings. The molecule has 136 valence electrons. The molecule has 0 spiro atoms. The summed E-state index contributed by atoms with van der Waals surface area (Å²) in [5.41, 5.74) is 3.86. The molecule has 0 aromatic heterocycles. The van der Waals surface area contributed by atoms with Crippen LogP contribution in [0.1, 0.15) is 16.7 Å². The first-order valence-electron chi connectivity index (χ1n) is 8.23. The number of rotatable bonds is 6. The lowest BCUT2D eigenvalue weighted by Crippen LogP contribution is -2.40. The van der Waals surface area contributed by atoms with Crippen LogP contribution in [-0.4, -0.2) is 35.7 Å². The van der Waals surface area contributed by atoms with Crippen molar-refractivity contribution < 1.29 is 5.11 Å². The summed E-state index contributed by atoms with van der Waals surface area (Å²) < 4.78 is 0. The second kappa shape index (κ2) is 9.77. The lowest BCUT2D eigenvalue weighted by Gasteiger charge is -2.30. The molecule has 0 amide bonds. The fourth-order valence-corrected chi connectivity index (χ4v) is 3.43. The van der Waals surface area contributed by atoms with Crippen molar-refractivity contribution >= 4 is 35.6 Å². The Morgan fingerprint density at radius 3 is 2.60 bits per heavy atom. The van der Waals surface area contributed by atoms with Gasteiger partial charge in [0.1, 0.15) is 0 Å². The van der Waals surface area contributed by atoms with Crippen molar-refractivity contribution in [2.45, 2.75) is 25.6 Å². The van der Waals surface area contributed by atoms with Crippen LogP contribution in [0.3, 0.4) is 0 Å². The van der Waals surface area contributed by atoms with Crippen molar-refractivity contribution in [3.05, 3.63) is 69.2 Å². The van der Waals surface area contributed by atoms with Crippen molar-refractivity contribution in [3.8, 4) is 0 Å². The van der Waals surface area contributed by atoms with E-state index in [0.29, 0.717) is 29.7 Å². The molecule has 3 rings (SSSR count). The fraction of sp³-hybridized carbons (Fsp3) is 0.368. The van der Waals surface area contributed by atoms with Crippen molar-refractivity contribution in [1.29, 1.82) is 0 Å². The Kier molecular flexibility index (Phi) is 8.01. The number of aliphatic hydroxyl groups is 1. The molecule has 25 heavy (non-hydrogen) atoms. The van der Waals surface area contributed by atoms with Crippen LogP contribution in [0.4, 0.5) is 0 Å². The third-order valence-corrected chi connectivity index (χ3v) is 5.11. The zero-order valence-electron chi connectivity index (χ0n) is 13.9. The van der Waals surface area contributed by atoms with Gasteiger partial charge in [0.05, 0.1) is 16.1 Å². The highest BCUT2D eigenvalue weighted by Crippen LogP contribution is 2.22. The number of halogens is 3. The molecule has 0 saturated carbocycles. The van der Waals surface area contributed by atoms with E-state index in [1.807, 2.05) is 12.1 Å². The first kappa shape index (κ1) is 20.5. The van der Waals surface area contributed by atoms with E-state index in [1.165, 1.54) is 11.1 Å². The van der Waals surface area contributed by atoms with E-state index < -0.39 is 6.10 Å². The van der Waals surface area contributed by atoms with E-state index in [2.05, 4.69) is 34.5 Å². The van der Waals surface area contributed by atoms with Gasteiger partial charge in [-0.15, -0.1) is 12.4 Å². The van der Waals surface area contributed by atoms with E-state index >= 15 is 0 Å². The van der Waals surface area contributed by atoms with E-state index in [-0.39, 0.29) is 12.4 Å². The van der Waals surface area contributed by atoms with Crippen molar-refractivity contribution in [1.82, 2.24) is 10.2 Å². The van der Waals surface area contributed by atoms with Crippen LogP contribution in [0, 0.1) is 0 Å². The van der Waals surface area contributed by atoms with Gasteiger partial charge in [0, 0.05) is 32.7 Å². The molecule has 2 aromatic carbocycles. The van der Waals surface area contributed by atoms with Gasteiger partial charge in [0.15, 0.2) is 0 Å². The minimum absolute atomic E-state index is 0. The third-order valence-electron chi connectivity index (χ3n) is 4.37. The molecule has 0 saturated heterocycles. The molecule has 1 atom stereocenters. The predicted molar refractivity (Wildman–Crippen MR) is 107 cm³/mol. The Balaban J connectivity index is 0.00000225. The van der Waals surface area contributed by atoms with Gasteiger partial charge in [-0.1, -0.05) is 53.5 Å². The molecule has 2 N–H and O–H groups in total. The first-order valence-corrected chi connectivity index (χ1v) is 8.99. The SMILES string of the molecule is Cl.OC(CNCc1ccc(Cl)c(Cl)c1)CN1CCc2ccccc2C1. The summed E-state index contributed by atoms with van der Waals surface area (Å²) in [5.74, 6) is 0. The second-order valence-corrected chi connectivity index (χ2v) is 7.10. The largest absolute Gasteiger partial charge is 0.390 e. The fourth-order valence-electron chi connectivity index (χ4n) is 3.11. The van der Waals surface area contributed by atoms with Crippen molar-refractivity contribution in [2.75, 3.05) is 19.6 Å². The smallest absolute Gasteiger partial charge is 0.0791 e. The zero-order chi connectivity index (χ0) is 16.9. The Hall–Kier alpha value is -0.810. The number of β-amino-alcohol motifs (C(OH)–C–C–N with tert-alkyl or cyclic N) is 1. The summed E-state index contributed by atoms with van der Waals surface area (Å²) in [4.78, 5) is 2.31. The highest BCUT2D eigenvalue weighted by Gasteiger charge is 2.18. The molecule has 1 aliphatic heterocycles. The molecule has 0 bridgehead atoms. The van der Waals surface area contributed by atoms with Gasteiger partial charge in [-0.2, -0.15) is 0 Å². The summed E-state index contributed by atoms with van der Waals surface area (Å²) in [5, 5.41) is 14.7. The van der Waals surface area contributed by atoms with Crippen LogP contribution >= 0.6 is 35.6 Å². The summed E-state index contributed by atoms with van der Waals surface area (Å²) >= 11 is 11.9. The number of hydrogen-bond acceptors (Lipinski definition) is 3. The van der Waals surface area contributed by atoms with E-state index in [9.17, 15) is 5.11 Å². The molecule has 0 fully saturated rings. The summed E-state index contributed by atoms with van der Waals surface area (Å²) in [6.45, 7) is 3.82. The summed E-state index contributed by atoms with van der Waals surface area (Å²) in [6, 6.07) is 14.1. The molecule has 6 heteroatoms. The van der Waals surface area contributed by atoms with Crippen molar-refractivity contribution in [3.63, 3.8) is 0 Å². The lowest BCUT2D eigenvalue weighted by molar-refractivity contribution is 0.104. The van der Waals surface area contributed by atoms with Gasteiger partial charge in [0.25, 0.3) is 0 Å². The zero-order valence-corrected chi connectivity index (χ0v) is 16.2. The summed E-state index contributed by atoms with van der Waals surface area (Å²) in [7, 11) is 0. The minimum atomic E-state index is -0.391. The van der Waals surface area contributed by atoms with Crippen LogP contribution in [0.2, 0.25) is 10.0 Å². The molecule has 3 nitrogen and oxygen atoms in total. The molecular formula is C19H23Cl3N2O. The van der Waals surface area contributed by atoms with Gasteiger partial charge < -0.3 is 10.4 Å². The number of aliphatic hydroxyl groups excluding tert-OH is 1. The van der Waals surface area contributed by atoms with E-state index in [0.717, 1.165) is 25.1 Å². The molecular weight excluding hydrogens is 379 g/mol. The maximum Gasteiger partial charge on any atom is 0.0791 e. The van der Waals surface area contributed by atoms with Crippen LogP contribution < -0.4 is 5.32 Å². The Labute approximate surface area is 165 Å². The van der Waals surface area contributed by atoms with Crippen LogP contribution in [0.15, 0.2) is 42.5 Å². The lowest BCUT2D eigenvalue weighted by atomic mass is 10.00. The van der Waals surface area contributed by atoms with Gasteiger partial charge in [0.2, 0.25) is 0 Å². The second-order valence-electron chi connectivity index (χ2n) is 6.29. The third kappa shape index (κ3) is 5.85. The maximum absolute atomic E-state index is 10.3. The molecule has 2 aromatic rings. The monoisotopic (exact) mass is 400 g/mol. The first-order chi connectivity index (χ1) is 11.6. The Morgan fingerprint density at radius 2 is 1.84 bits per heavy atom. The number of hydrogen-bond donors (Lipinski definition) is 2. The quantitative estimate of drug-likeness (QED) is 0.770. The number of benzene rings is 2. The highest BCUT2D eigenvalue weighted by molar-refractivity contribution is 6.42. The van der Waals surface area contributed by atoms with Gasteiger partial charge in [-0.3, -0.25) is 4.90 Å². The number of nitrogens with one attached hydrogen (secondary N) is 1. The molecule has 0 aliphatic carbocycles. The Morgan fingerprint density at radius 1 is 1.08 bits per heavy atom. The van der Waals surface area contributed by atoms with E-state index in [1.54, 1.807) is 6.07 Å². The van der Waals surface area contributed by atoms with E-state index in [4.69, 9.17) is 23.2 Å². The molecule has 1 heterocycles. The normalized spacial score (nSPS) is 15.3. The molecule has 0 radical (unpaired) electrons. The average molecular weight is 402 g/mol. The van der Waals surface area contributed by atoms with Crippen LogP contribution in [0.25, 0.3) is 0 Å². The standard InChI is InChI=1S/C19H22Cl2N2O.ClH/c20-18-6-5-14(9-19(18)21)10-22-11-17(24)13-23-8-7-15-3-1-2-4-16(15)12-23;/h1-6,9,17,22,24H,7-8,10-13H2;1H. The van der Waals surface area contributed by atoms with Gasteiger partial charge in [-0.25, -0.2) is 0 Å². The average Bonchev–Trinajstić information content (AvgIpc) is 2.58. The van der Waals surface area contributed by atoms with Crippen molar-refractivity contribution in [2.24, 2.45) is 0 Å². The number of nitrogens with zero attached hydrogens (tertiary/aromatic N) is 1. The van der Waals surface area contributed by atoms with Crippen LogP contribution in [-0.2, 0) is 19.5 Å². The van der Waals surface area contributed by atoms with Gasteiger partial charge >= 0.3 is 0 Å². The number of fused-ring (bicyclic) bond motifs is 1. The maximum atomic E-state index is 10.3. The predicted octanol–water partition coefficient (Wildman–Crippen LogP) is 3.92. The Bertz CT molecular complexity index is 696. The molecule has 1 unspecified atom stereocenters. The van der Waals surface area contributed by atoms with Gasteiger partial charge in [-0.05, 0) is 35.2 Å². The topological polar surface area (TPSA) is 35.5 Å².